The number of halogens is 3. The number of carboxylic acid groups (broad SMARTS) is 1. The predicted octanol–water partition coefficient (Wildman–Crippen LogP) is 3.00. The molecule has 7 nitrogen and oxygen atoms in total. The Labute approximate surface area is 160 Å². The summed E-state index contributed by atoms with van der Waals surface area (Å²) in [5.74, 6) is -3.22. The summed E-state index contributed by atoms with van der Waals surface area (Å²) in [5.41, 5.74) is -2.52. The van der Waals surface area contributed by atoms with Crippen LogP contribution >= 0.6 is 0 Å². The molecule has 1 aromatic heterocycles. The number of carbonyl (C=O) groups excluding carboxylic acids is 1. The van der Waals surface area contributed by atoms with E-state index in [1.54, 1.807) is 0 Å². The van der Waals surface area contributed by atoms with Crippen molar-refractivity contribution in [1.82, 2.24) is 5.32 Å². The van der Waals surface area contributed by atoms with Gasteiger partial charge in [-0.1, -0.05) is 18.2 Å². The van der Waals surface area contributed by atoms with Crippen molar-refractivity contribution in [1.29, 1.82) is 0 Å². The first-order valence-electron chi connectivity index (χ1n) is 8.05. The number of aromatic hydroxyl groups is 1. The van der Waals surface area contributed by atoms with Crippen LogP contribution < -0.4 is 10.9 Å². The minimum Gasteiger partial charge on any atom is -0.506 e. The molecule has 3 aromatic rings. The van der Waals surface area contributed by atoms with Gasteiger partial charge in [-0.05, 0) is 35.4 Å². The number of rotatable bonds is 4. The Morgan fingerprint density at radius 2 is 1.76 bits per heavy atom. The molecular weight excluding hydrogens is 395 g/mol. The summed E-state index contributed by atoms with van der Waals surface area (Å²) in [6.07, 6.45) is -4.53. The van der Waals surface area contributed by atoms with E-state index in [0.29, 0.717) is 0 Å². The Morgan fingerprint density at radius 1 is 1.07 bits per heavy atom. The molecule has 0 aliphatic rings. The van der Waals surface area contributed by atoms with Gasteiger partial charge in [0.1, 0.15) is 17.9 Å². The van der Waals surface area contributed by atoms with Gasteiger partial charge in [0.2, 0.25) is 0 Å². The molecule has 0 spiro atoms. The maximum atomic E-state index is 12.9. The molecule has 29 heavy (non-hydrogen) atoms. The van der Waals surface area contributed by atoms with Crippen molar-refractivity contribution in [2.24, 2.45) is 0 Å². The van der Waals surface area contributed by atoms with E-state index in [-0.39, 0.29) is 22.1 Å². The second-order valence-electron chi connectivity index (χ2n) is 5.98. The van der Waals surface area contributed by atoms with Gasteiger partial charge in [0, 0.05) is 0 Å². The number of carboxylic acids is 1. The highest BCUT2D eigenvalue weighted by molar-refractivity contribution is 6.02. The van der Waals surface area contributed by atoms with Crippen LogP contribution in [0.1, 0.15) is 15.9 Å². The van der Waals surface area contributed by atoms with Crippen LogP contribution in [0.2, 0.25) is 0 Å². The number of nitrogens with one attached hydrogen (secondary N) is 1. The summed E-state index contributed by atoms with van der Waals surface area (Å²) in [6, 6.07) is 8.41. The van der Waals surface area contributed by atoms with Crippen LogP contribution in [-0.2, 0) is 11.0 Å². The summed E-state index contributed by atoms with van der Waals surface area (Å²) in [4.78, 5) is 34.6. The summed E-state index contributed by atoms with van der Waals surface area (Å²) in [6.45, 7) is -0.774. The van der Waals surface area contributed by atoms with E-state index in [1.807, 2.05) is 5.32 Å². The molecule has 1 amide bonds. The number of benzene rings is 2. The molecule has 0 aliphatic heterocycles. The maximum Gasteiger partial charge on any atom is 0.416 e. The number of carbonyl (C=O) groups is 2. The van der Waals surface area contributed by atoms with Gasteiger partial charge in [-0.15, -0.1) is 0 Å². The van der Waals surface area contributed by atoms with E-state index in [2.05, 4.69) is 0 Å². The van der Waals surface area contributed by atoms with Crippen molar-refractivity contribution in [3.63, 3.8) is 0 Å². The number of fused-ring (bicyclic) bond motifs is 1. The molecular formula is C19H12F3NO6. The van der Waals surface area contributed by atoms with Crippen molar-refractivity contribution < 1.29 is 37.4 Å². The summed E-state index contributed by atoms with van der Waals surface area (Å²) in [7, 11) is 0. The van der Waals surface area contributed by atoms with Crippen LogP contribution in [-0.4, -0.2) is 28.6 Å². The van der Waals surface area contributed by atoms with E-state index in [1.165, 1.54) is 30.3 Å². The zero-order chi connectivity index (χ0) is 21.3. The molecule has 0 saturated heterocycles. The lowest BCUT2D eigenvalue weighted by molar-refractivity contribution is -0.137. The largest absolute Gasteiger partial charge is 0.506 e. The van der Waals surface area contributed by atoms with Crippen LogP contribution in [0.5, 0.6) is 5.75 Å². The highest BCUT2D eigenvalue weighted by Crippen LogP contribution is 2.34. The molecule has 0 bridgehead atoms. The smallest absolute Gasteiger partial charge is 0.416 e. The third kappa shape index (κ3) is 4.05. The summed E-state index contributed by atoms with van der Waals surface area (Å²) >= 11 is 0. The highest BCUT2D eigenvalue weighted by Gasteiger charge is 2.30. The van der Waals surface area contributed by atoms with Gasteiger partial charge in [-0.25, -0.2) is 4.79 Å². The number of hydrogen-bond donors (Lipinski definition) is 3. The van der Waals surface area contributed by atoms with Crippen LogP contribution in [0.25, 0.3) is 22.1 Å². The minimum atomic E-state index is -4.53. The molecule has 0 radical (unpaired) electrons. The average Bonchev–Trinajstić information content (AvgIpc) is 2.65. The molecule has 0 fully saturated rings. The Bertz CT molecular complexity index is 1180. The van der Waals surface area contributed by atoms with E-state index in [9.17, 15) is 32.7 Å². The van der Waals surface area contributed by atoms with Crippen LogP contribution in [0.4, 0.5) is 13.2 Å². The Balaban J connectivity index is 2.06. The molecule has 0 saturated carbocycles. The Hall–Kier alpha value is -3.82. The van der Waals surface area contributed by atoms with E-state index in [0.717, 1.165) is 12.1 Å². The fourth-order valence-corrected chi connectivity index (χ4v) is 2.68. The topological polar surface area (TPSA) is 117 Å². The zero-order valence-electron chi connectivity index (χ0n) is 14.4. The summed E-state index contributed by atoms with van der Waals surface area (Å²) in [5, 5.41) is 20.7. The minimum absolute atomic E-state index is 0.0409. The first kappa shape index (κ1) is 19.9. The van der Waals surface area contributed by atoms with Gasteiger partial charge in [-0.3, -0.25) is 9.59 Å². The van der Waals surface area contributed by atoms with Crippen LogP contribution in [0.3, 0.4) is 0 Å². The lowest BCUT2D eigenvalue weighted by atomic mass is 10.0. The lowest BCUT2D eigenvalue weighted by Gasteiger charge is -2.10. The van der Waals surface area contributed by atoms with Gasteiger partial charge in [0.15, 0.2) is 5.56 Å². The third-order valence-corrected chi connectivity index (χ3v) is 4.03. The maximum absolute atomic E-state index is 12.9. The average molecular weight is 407 g/mol. The van der Waals surface area contributed by atoms with Crippen molar-refractivity contribution >= 4 is 22.8 Å². The normalized spacial score (nSPS) is 11.4. The van der Waals surface area contributed by atoms with E-state index in [4.69, 9.17) is 9.52 Å². The molecule has 0 aliphatic carbocycles. The quantitative estimate of drug-likeness (QED) is 0.573. The third-order valence-electron chi connectivity index (χ3n) is 4.03. The van der Waals surface area contributed by atoms with Crippen molar-refractivity contribution in [3.05, 3.63) is 64.0 Å². The SMILES string of the molecule is O=C(O)CNC(=O)c1c(O)c2ccc(-c3cccc(C(F)(F)F)c3)cc2oc1=O. The molecule has 0 unspecified atom stereocenters. The first-order chi connectivity index (χ1) is 13.6. The first-order valence-corrected chi connectivity index (χ1v) is 8.05. The molecule has 3 N–H and O–H groups in total. The second-order valence-corrected chi connectivity index (χ2v) is 5.98. The van der Waals surface area contributed by atoms with Gasteiger partial charge >= 0.3 is 17.8 Å². The van der Waals surface area contributed by atoms with Crippen LogP contribution in [0.15, 0.2) is 51.7 Å². The Morgan fingerprint density at radius 3 is 2.41 bits per heavy atom. The molecule has 10 heteroatoms. The van der Waals surface area contributed by atoms with Crippen molar-refractivity contribution in [2.75, 3.05) is 6.54 Å². The number of aliphatic carboxylic acids is 1. The van der Waals surface area contributed by atoms with Gasteiger partial charge < -0.3 is 19.9 Å². The second kappa shape index (κ2) is 7.30. The van der Waals surface area contributed by atoms with E-state index < -0.39 is 47.1 Å². The monoisotopic (exact) mass is 407 g/mol. The molecule has 1 heterocycles. The molecule has 0 atom stereocenters. The van der Waals surface area contributed by atoms with E-state index >= 15 is 0 Å². The summed E-state index contributed by atoms with van der Waals surface area (Å²) < 4.78 is 43.7. The van der Waals surface area contributed by atoms with Gasteiger partial charge in [0.25, 0.3) is 5.91 Å². The number of hydrogen-bond acceptors (Lipinski definition) is 5. The van der Waals surface area contributed by atoms with Gasteiger partial charge in [0.05, 0.1) is 10.9 Å². The Kier molecular flexibility index (Phi) is 5.02. The van der Waals surface area contributed by atoms with Crippen molar-refractivity contribution in [2.45, 2.75) is 6.18 Å². The van der Waals surface area contributed by atoms with Crippen molar-refractivity contribution in [3.8, 4) is 16.9 Å². The zero-order valence-corrected chi connectivity index (χ0v) is 14.4. The fraction of sp³-hybridized carbons (Fsp3) is 0.105. The van der Waals surface area contributed by atoms with Gasteiger partial charge in [-0.2, -0.15) is 13.2 Å². The van der Waals surface area contributed by atoms with Crippen LogP contribution in [0, 0.1) is 0 Å². The highest BCUT2D eigenvalue weighted by atomic mass is 19.4. The molecule has 3 rings (SSSR count). The number of alkyl halides is 3. The standard InChI is InChI=1S/C19H12F3NO6/c20-19(21,22)11-3-1-2-9(6-11)10-4-5-12-13(7-10)29-18(28)15(16(12)26)17(27)23-8-14(24)25/h1-7,26H,8H2,(H,23,27)(H,24,25). The predicted molar refractivity (Wildman–Crippen MR) is 94.6 cm³/mol. The fourth-order valence-electron chi connectivity index (χ4n) is 2.68. The number of amides is 1. The molecule has 2 aromatic carbocycles. The lowest BCUT2D eigenvalue weighted by Crippen LogP contribution is -2.32. The molecule has 150 valence electrons.